The predicted octanol–water partition coefficient (Wildman–Crippen LogP) is 4.06. The standard InChI is InChI=1S/C26H30N2O5/c1-3-16(2)23(24(30)31)27-22(29)14-26(12-13-26)28-25(32)33-15-21-19-10-6-4-8-17(19)18-9-5-7-11-20(18)21/h4-11,16,21,23H,3,12-15H2,1-2H3,(H,27,29)(H,28,32)(H,30,31)/t16-,23-/m0/s1. The third-order valence-electron chi connectivity index (χ3n) is 6.86. The van der Waals surface area contributed by atoms with Gasteiger partial charge in [0.1, 0.15) is 12.6 Å². The second-order valence-electron chi connectivity index (χ2n) is 9.18. The highest BCUT2D eigenvalue weighted by molar-refractivity contribution is 5.85. The van der Waals surface area contributed by atoms with Crippen molar-refractivity contribution in [3.8, 4) is 11.1 Å². The zero-order chi connectivity index (χ0) is 23.6. The van der Waals surface area contributed by atoms with Crippen molar-refractivity contribution in [3.63, 3.8) is 0 Å². The van der Waals surface area contributed by atoms with E-state index in [9.17, 15) is 19.5 Å². The first-order valence-electron chi connectivity index (χ1n) is 11.5. The quantitative estimate of drug-likeness (QED) is 0.534. The molecule has 2 amide bonds. The average Bonchev–Trinajstić information content (AvgIpc) is 3.47. The zero-order valence-electron chi connectivity index (χ0n) is 19.0. The highest BCUT2D eigenvalue weighted by Gasteiger charge is 2.47. The summed E-state index contributed by atoms with van der Waals surface area (Å²) in [5.74, 6) is -1.64. The molecule has 0 spiro atoms. The van der Waals surface area contributed by atoms with Gasteiger partial charge in [-0.2, -0.15) is 0 Å². The van der Waals surface area contributed by atoms with Gasteiger partial charge in [-0.25, -0.2) is 9.59 Å². The summed E-state index contributed by atoms with van der Waals surface area (Å²) in [6.45, 7) is 3.88. The van der Waals surface area contributed by atoms with Crippen molar-refractivity contribution in [2.45, 2.75) is 57.0 Å². The molecule has 2 atom stereocenters. The van der Waals surface area contributed by atoms with Gasteiger partial charge >= 0.3 is 12.1 Å². The van der Waals surface area contributed by atoms with Crippen LogP contribution in [0, 0.1) is 5.92 Å². The number of hydrogen-bond acceptors (Lipinski definition) is 4. The van der Waals surface area contributed by atoms with E-state index in [4.69, 9.17) is 4.74 Å². The van der Waals surface area contributed by atoms with E-state index in [-0.39, 0.29) is 30.8 Å². The molecule has 0 saturated heterocycles. The molecule has 174 valence electrons. The second kappa shape index (κ2) is 9.25. The minimum atomic E-state index is -1.05. The van der Waals surface area contributed by atoms with E-state index in [1.807, 2.05) is 31.2 Å². The van der Waals surface area contributed by atoms with Gasteiger partial charge in [0.05, 0.1) is 5.54 Å². The highest BCUT2D eigenvalue weighted by atomic mass is 16.5. The second-order valence-corrected chi connectivity index (χ2v) is 9.18. The number of alkyl carbamates (subject to hydrolysis) is 1. The van der Waals surface area contributed by atoms with Crippen molar-refractivity contribution in [2.75, 3.05) is 6.61 Å². The maximum absolute atomic E-state index is 12.6. The monoisotopic (exact) mass is 450 g/mol. The summed E-state index contributed by atoms with van der Waals surface area (Å²) in [5.41, 5.74) is 3.93. The number of carboxylic acid groups (broad SMARTS) is 1. The van der Waals surface area contributed by atoms with E-state index in [0.29, 0.717) is 19.3 Å². The number of carbonyl (C=O) groups is 3. The molecule has 4 rings (SSSR count). The molecule has 0 heterocycles. The fourth-order valence-corrected chi connectivity index (χ4v) is 4.56. The Morgan fingerprint density at radius 3 is 2.15 bits per heavy atom. The van der Waals surface area contributed by atoms with Crippen LogP contribution in [-0.2, 0) is 14.3 Å². The first kappa shape index (κ1) is 22.8. The molecular formula is C26H30N2O5. The third-order valence-corrected chi connectivity index (χ3v) is 6.86. The van der Waals surface area contributed by atoms with Crippen LogP contribution < -0.4 is 10.6 Å². The number of rotatable bonds is 9. The van der Waals surface area contributed by atoms with Gasteiger partial charge in [-0.1, -0.05) is 68.8 Å². The van der Waals surface area contributed by atoms with Crippen molar-refractivity contribution in [1.29, 1.82) is 0 Å². The van der Waals surface area contributed by atoms with Crippen LogP contribution in [0.3, 0.4) is 0 Å². The van der Waals surface area contributed by atoms with Crippen molar-refractivity contribution in [3.05, 3.63) is 59.7 Å². The number of amides is 2. The Kier molecular flexibility index (Phi) is 6.40. The molecule has 2 aromatic carbocycles. The summed E-state index contributed by atoms with van der Waals surface area (Å²) < 4.78 is 5.60. The lowest BCUT2D eigenvalue weighted by atomic mass is 9.98. The molecule has 2 aromatic rings. The molecule has 2 aliphatic carbocycles. The fraction of sp³-hybridized carbons (Fsp3) is 0.423. The molecule has 2 aliphatic rings. The smallest absolute Gasteiger partial charge is 0.407 e. The first-order chi connectivity index (χ1) is 15.8. The van der Waals surface area contributed by atoms with Gasteiger partial charge < -0.3 is 20.5 Å². The number of aliphatic carboxylic acids is 1. The van der Waals surface area contributed by atoms with Crippen LogP contribution in [0.15, 0.2) is 48.5 Å². The highest BCUT2D eigenvalue weighted by Crippen LogP contribution is 2.44. The summed E-state index contributed by atoms with van der Waals surface area (Å²) >= 11 is 0. The van der Waals surface area contributed by atoms with Gasteiger partial charge in [-0.3, -0.25) is 4.79 Å². The van der Waals surface area contributed by atoms with E-state index < -0.39 is 23.6 Å². The maximum Gasteiger partial charge on any atom is 0.407 e. The van der Waals surface area contributed by atoms with Crippen LogP contribution in [0.5, 0.6) is 0 Å². The minimum absolute atomic E-state index is 0.0338. The van der Waals surface area contributed by atoms with Crippen LogP contribution in [0.2, 0.25) is 0 Å². The molecule has 0 radical (unpaired) electrons. The number of ether oxygens (including phenoxy) is 1. The largest absolute Gasteiger partial charge is 0.480 e. The number of carboxylic acids is 1. The molecule has 0 aliphatic heterocycles. The van der Waals surface area contributed by atoms with Gasteiger partial charge in [0, 0.05) is 12.3 Å². The molecule has 33 heavy (non-hydrogen) atoms. The Balaban J connectivity index is 1.34. The van der Waals surface area contributed by atoms with Crippen molar-refractivity contribution in [2.24, 2.45) is 5.92 Å². The topological polar surface area (TPSA) is 105 Å². The Morgan fingerprint density at radius 1 is 1.06 bits per heavy atom. The maximum atomic E-state index is 12.6. The molecule has 0 unspecified atom stereocenters. The van der Waals surface area contributed by atoms with E-state index in [1.165, 1.54) is 0 Å². The van der Waals surface area contributed by atoms with E-state index >= 15 is 0 Å². The molecule has 1 fully saturated rings. The zero-order valence-corrected chi connectivity index (χ0v) is 19.0. The molecule has 7 heteroatoms. The Bertz CT molecular complexity index is 1020. The van der Waals surface area contributed by atoms with Gasteiger partial charge in [0.2, 0.25) is 5.91 Å². The number of hydrogen-bond donors (Lipinski definition) is 3. The van der Waals surface area contributed by atoms with E-state index in [0.717, 1.165) is 22.3 Å². The lowest BCUT2D eigenvalue weighted by molar-refractivity contribution is -0.143. The van der Waals surface area contributed by atoms with E-state index in [2.05, 4.69) is 34.9 Å². The SMILES string of the molecule is CC[C@H](C)[C@H](NC(=O)CC1(NC(=O)OCC2c3ccccc3-c3ccccc32)CC1)C(=O)O. The number of fused-ring (bicyclic) bond motifs is 3. The molecule has 0 bridgehead atoms. The van der Waals surface area contributed by atoms with E-state index in [1.54, 1.807) is 6.92 Å². The first-order valence-corrected chi connectivity index (χ1v) is 11.5. The lowest BCUT2D eigenvalue weighted by Crippen LogP contribution is -2.48. The van der Waals surface area contributed by atoms with Crippen LogP contribution in [-0.4, -0.2) is 41.3 Å². The predicted molar refractivity (Wildman–Crippen MR) is 124 cm³/mol. The van der Waals surface area contributed by atoms with Gasteiger partial charge in [-0.05, 0) is 41.0 Å². The number of carbonyl (C=O) groups excluding carboxylic acids is 2. The number of nitrogens with one attached hydrogen (secondary N) is 2. The van der Waals surface area contributed by atoms with Gasteiger partial charge in [0.15, 0.2) is 0 Å². The molecule has 1 saturated carbocycles. The van der Waals surface area contributed by atoms with Crippen molar-refractivity contribution >= 4 is 18.0 Å². The van der Waals surface area contributed by atoms with Gasteiger partial charge in [0.25, 0.3) is 0 Å². The summed E-state index contributed by atoms with van der Waals surface area (Å²) in [6, 6.07) is 15.3. The summed E-state index contributed by atoms with van der Waals surface area (Å²) in [6.07, 6.45) is 1.44. The van der Waals surface area contributed by atoms with Crippen LogP contribution >= 0.6 is 0 Å². The Labute approximate surface area is 193 Å². The van der Waals surface area contributed by atoms with Crippen LogP contribution in [0.1, 0.15) is 56.6 Å². The van der Waals surface area contributed by atoms with Crippen molar-refractivity contribution < 1.29 is 24.2 Å². The summed E-state index contributed by atoms with van der Waals surface area (Å²) in [4.78, 5) is 36.6. The molecule has 7 nitrogen and oxygen atoms in total. The molecule has 3 N–H and O–H groups in total. The average molecular weight is 451 g/mol. The van der Waals surface area contributed by atoms with Crippen molar-refractivity contribution in [1.82, 2.24) is 10.6 Å². The third kappa shape index (κ3) is 4.87. The molecule has 0 aromatic heterocycles. The molecular weight excluding hydrogens is 420 g/mol. The normalized spacial score (nSPS) is 17.3. The van der Waals surface area contributed by atoms with Gasteiger partial charge in [-0.15, -0.1) is 0 Å². The fourth-order valence-electron chi connectivity index (χ4n) is 4.56. The Hall–Kier alpha value is -3.35. The Morgan fingerprint density at radius 2 is 1.64 bits per heavy atom. The summed E-state index contributed by atoms with van der Waals surface area (Å²) in [5, 5.41) is 14.8. The minimum Gasteiger partial charge on any atom is -0.480 e. The lowest BCUT2D eigenvalue weighted by Gasteiger charge is -2.23. The van der Waals surface area contributed by atoms with Crippen LogP contribution in [0.4, 0.5) is 4.79 Å². The number of benzene rings is 2. The summed E-state index contributed by atoms with van der Waals surface area (Å²) in [7, 11) is 0. The van der Waals surface area contributed by atoms with Crippen LogP contribution in [0.25, 0.3) is 11.1 Å².